The number of benzene rings is 2. The minimum Gasteiger partial charge on any atom is -0.489 e. The van der Waals surface area contributed by atoms with Crippen LogP contribution in [0.5, 0.6) is 17.2 Å². The van der Waals surface area contributed by atoms with Gasteiger partial charge in [-0.25, -0.2) is 9.97 Å². The van der Waals surface area contributed by atoms with Crippen molar-refractivity contribution >= 4 is 16.8 Å². The average molecular weight is 412 g/mol. The second-order valence-electron chi connectivity index (χ2n) is 7.33. The van der Waals surface area contributed by atoms with E-state index in [2.05, 4.69) is 20.3 Å². The normalized spacial score (nSPS) is 17.1. The van der Waals surface area contributed by atoms with Crippen LogP contribution in [0.1, 0.15) is 18.4 Å². The maximum Gasteiger partial charge on any atom is 0.231 e. The number of fused-ring (bicyclic) bond motifs is 2. The first-order valence-electron chi connectivity index (χ1n) is 10.0. The van der Waals surface area contributed by atoms with E-state index in [1.807, 2.05) is 49.4 Å². The topological polar surface area (TPSA) is 86.2 Å². The Labute approximate surface area is 179 Å². The minimum atomic E-state index is -0.325. The highest BCUT2D eigenvalue weighted by Gasteiger charge is 2.36. The highest BCUT2D eigenvalue weighted by Crippen LogP contribution is 2.41. The molecule has 0 saturated carbocycles. The number of likely N-dealkylation sites (N-methyl/N-ethyl adjacent to an activating group) is 1. The summed E-state index contributed by atoms with van der Waals surface area (Å²) in [6.07, 6.45) is 4.90. The zero-order valence-corrected chi connectivity index (χ0v) is 17.1. The van der Waals surface area contributed by atoms with Gasteiger partial charge < -0.3 is 14.8 Å². The van der Waals surface area contributed by atoms with Gasteiger partial charge in [-0.05, 0) is 37.3 Å². The van der Waals surface area contributed by atoms with Crippen molar-refractivity contribution in [3.63, 3.8) is 0 Å². The van der Waals surface area contributed by atoms with E-state index in [0.717, 1.165) is 22.0 Å². The van der Waals surface area contributed by atoms with E-state index in [1.165, 1.54) is 0 Å². The van der Waals surface area contributed by atoms with Gasteiger partial charge in [0.1, 0.15) is 29.3 Å². The third-order valence-corrected chi connectivity index (χ3v) is 5.39. The van der Waals surface area contributed by atoms with E-state index in [1.54, 1.807) is 31.7 Å². The van der Waals surface area contributed by atoms with E-state index < -0.39 is 0 Å². The molecule has 154 valence electrons. The summed E-state index contributed by atoms with van der Waals surface area (Å²) in [7, 11) is 1.63. The van der Waals surface area contributed by atoms with E-state index >= 15 is 0 Å². The van der Waals surface area contributed by atoms with Gasteiger partial charge in [0.25, 0.3) is 0 Å². The number of aromatic nitrogens is 3. The first-order valence-corrected chi connectivity index (χ1v) is 10.0. The van der Waals surface area contributed by atoms with Crippen LogP contribution in [0.15, 0.2) is 67.1 Å². The highest BCUT2D eigenvalue weighted by atomic mass is 16.5. The quantitative estimate of drug-likeness (QED) is 0.543. The lowest BCUT2D eigenvalue weighted by Gasteiger charge is -2.12. The molecule has 0 aliphatic carbocycles. The molecule has 0 bridgehead atoms. The summed E-state index contributed by atoms with van der Waals surface area (Å²) in [5, 5.41) is 3.58. The Hall–Kier alpha value is -4.00. The van der Waals surface area contributed by atoms with Gasteiger partial charge in [-0.3, -0.25) is 9.78 Å². The first-order chi connectivity index (χ1) is 15.1. The number of hydrogen-bond acceptors (Lipinski definition) is 6. The van der Waals surface area contributed by atoms with Gasteiger partial charge in [-0.1, -0.05) is 12.1 Å². The fraction of sp³-hybridized carbons (Fsp3) is 0.167. The van der Waals surface area contributed by atoms with Crippen LogP contribution in [0.25, 0.3) is 22.3 Å². The van der Waals surface area contributed by atoms with E-state index in [0.29, 0.717) is 23.1 Å². The summed E-state index contributed by atoms with van der Waals surface area (Å²) in [5.74, 6) is 2.24. The number of hydrogen-bond donors (Lipinski definition) is 1. The largest absolute Gasteiger partial charge is 0.489 e. The summed E-state index contributed by atoms with van der Waals surface area (Å²) in [5.41, 5.74) is 2.54. The Kier molecular flexibility index (Phi) is 4.71. The first kappa shape index (κ1) is 19.0. The van der Waals surface area contributed by atoms with Gasteiger partial charge in [0.15, 0.2) is 5.82 Å². The number of carbonyl (C=O) groups is 1. The van der Waals surface area contributed by atoms with Crippen molar-refractivity contribution in [1.82, 2.24) is 20.3 Å². The zero-order valence-electron chi connectivity index (χ0n) is 17.1. The lowest BCUT2D eigenvalue weighted by Crippen LogP contribution is -2.31. The molecule has 2 unspecified atom stereocenters. The number of carbonyl (C=O) groups excluding carboxylic acids is 1. The fourth-order valence-electron chi connectivity index (χ4n) is 3.89. The third kappa shape index (κ3) is 3.44. The molecule has 4 aromatic rings. The standard InChI is InChI=1S/C24H20N4O3/c1-14-22(24(29)25-2)18-7-5-16(13-21(18)30-14)31-20-8-11-26-19-12-15(4-6-17(19)20)23-27-9-3-10-28-23/h3-14,22H,1-2H3,(H,25,29). The second kappa shape index (κ2) is 7.68. The fourth-order valence-corrected chi connectivity index (χ4v) is 3.89. The van der Waals surface area contributed by atoms with Gasteiger partial charge in [0.2, 0.25) is 5.91 Å². The Morgan fingerprint density at radius 3 is 2.68 bits per heavy atom. The third-order valence-electron chi connectivity index (χ3n) is 5.39. The van der Waals surface area contributed by atoms with Gasteiger partial charge in [-0.2, -0.15) is 0 Å². The molecule has 0 spiro atoms. The average Bonchev–Trinajstić information content (AvgIpc) is 3.14. The smallest absolute Gasteiger partial charge is 0.231 e. The predicted molar refractivity (Wildman–Crippen MR) is 116 cm³/mol. The van der Waals surface area contributed by atoms with Crippen molar-refractivity contribution in [2.24, 2.45) is 0 Å². The molecule has 31 heavy (non-hydrogen) atoms. The summed E-state index contributed by atoms with van der Waals surface area (Å²) >= 11 is 0. The van der Waals surface area contributed by atoms with E-state index in [-0.39, 0.29) is 17.9 Å². The summed E-state index contributed by atoms with van der Waals surface area (Å²) < 4.78 is 12.1. The van der Waals surface area contributed by atoms with Crippen LogP contribution in [0, 0.1) is 0 Å². The molecular weight excluding hydrogens is 392 g/mol. The number of pyridine rings is 1. The maximum atomic E-state index is 12.2. The molecule has 0 radical (unpaired) electrons. The lowest BCUT2D eigenvalue weighted by molar-refractivity contribution is -0.123. The molecule has 0 saturated heterocycles. The molecule has 0 fully saturated rings. The monoisotopic (exact) mass is 412 g/mol. The Bertz CT molecular complexity index is 1280. The Morgan fingerprint density at radius 1 is 1.03 bits per heavy atom. The Balaban J connectivity index is 1.46. The molecule has 1 aliphatic rings. The number of ether oxygens (including phenoxy) is 2. The molecule has 1 N–H and O–H groups in total. The Morgan fingerprint density at radius 2 is 1.87 bits per heavy atom. The summed E-state index contributed by atoms with van der Waals surface area (Å²) in [6.45, 7) is 1.89. The molecule has 1 aliphatic heterocycles. The van der Waals surface area contributed by atoms with Crippen molar-refractivity contribution in [2.45, 2.75) is 18.9 Å². The molecule has 3 heterocycles. The number of amides is 1. The molecule has 1 amide bonds. The number of nitrogens with one attached hydrogen (secondary N) is 1. The summed E-state index contributed by atoms with van der Waals surface area (Å²) in [6, 6.07) is 15.0. The van der Waals surface area contributed by atoms with Crippen LogP contribution in [0.2, 0.25) is 0 Å². The van der Waals surface area contributed by atoms with Crippen LogP contribution in [-0.4, -0.2) is 34.0 Å². The van der Waals surface area contributed by atoms with Crippen LogP contribution >= 0.6 is 0 Å². The van der Waals surface area contributed by atoms with Crippen molar-refractivity contribution in [3.05, 3.63) is 72.7 Å². The predicted octanol–water partition coefficient (Wildman–Crippen LogP) is 4.09. The van der Waals surface area contributed by atoms with Crippen molar-refractivity contribution < 1.29 is 14.3 Å². The van der Waals surface area contributed by atoms with Crippen LogP contribution < -0.4 is 14.8 Å². The second-order valence-corrected chi connectivity index (χ2v) is 7.33. The number of rotatable bonds is 4. The lowest BCUT2D eigenvalue weighted by atomic mass is 9.95. The van der Waals surface area contributed by atoms with Gasteiger partial charge >= 0.3 is 0 Å². The molecular formula is C24H20N4O3. The maximum absolute atomic E-state index is 12.2. The SMILES string of the molecule is CNC(=O)C1c2ccc(Oc3ccnc4cc(-c5ncccn5)ccc34)cc2OC1C. The van der Waals surface area contributed by atoms with Crippen LogP contribution in [0.3, 0.4) is 0 Å². The van der Waals surface area contributed by atoms with E-state index in [9.17, 15) is 4.79 Å². The molecule has 7 nitrogen and oxygen atoms in total. The van der Waals surface area contributed by atoms with Crippen molar-refractivity contribution in [1.29, 1.82) is 0 Å². The summed E-state index contributed by atoms with van der Waals surface area (Å²) in [4.78, 5) is 25.3. The van der Waals surface area contributed by atoms with Crippen molar-refractivity contribution in [3.8, 4) is 28.6 Å². The number of nitrogens with zero attached hydrogens (tertiary/aromatic N) is 3. The molecule has 7 heteroatoms. The van der Waals surface area contributed by atoms with Crippen molar-refractivity contribution in [2.75, 3.05) is 7.05 Å². The molecule has 2 atom stereocenters. The van der Waals surface area contributed by atoms with Gasteiger partial charge in [0, 0.05) is 48.2 Å². The van der Waals surface area contributed by atoms with E-state index in [4.69, 9.17) is 9.47 Å². The molecule has 2 aromatic carbocycles. The minimum absolute atomic E-state index is 0.0572. The van der Waals surface area contributed by atoms with Crippen LogP contribution in [0.4, 0.5) is 0 Å². The molecule has 5 rings (SSSR count). The highest BCUT2D eigenvalue weighted by molar-refractivity contribution is 5.88. The molecule has 2 aromatic heterocycles. The zero-order chi connectivity index (χ0) is 21.4. The van der Waals surface area contributed by atoms with Gasteiger partial charge in [0.05, 0.1) is 5.52 Å². The van der Waals surface area contributed by atoms with Gasteiger partial charge in [-0.15, -0.1) is 0 Å². The van der Waals surface area contributed by atoms with Crippen LogP contribution in [-0.2, 0) is 4.79 Å².